The van der Waals surface area contributed by atoms with E-state index in [1.54, 1.807) is 0 Å². The number of nitrogens with one attached hydrogen (secondary N) is 2. The summed E-state index contributed by atoms with van der Waals surface area (Å²) in [5, 5.41) is 15.8. The minimum Gasteiger partial charge on any atom is -0.392 e. The third-order valence-electron chi connectivity index (χ3n) is 3.63. The number of carbonyl (C=O) groups is 1. The second kappa shape index (κ2) is 9.32. The zero-order valence-electron chi connectivity index (χ0n) is 12.5. The van der Waals surface area contributed by atoms with E-state index in [0.717, 1.165) is 19.3 Å². The van der Waals surface area contributed by atoms with Crippen LogP contribution in [0.5, 0.6) is 0 Å². The van der Waals surface area contributed by atoms with Gasteiger partial charge in [-0.05, 0) is 25.2 Å². The molecule has 1 amide bonds. The Morgan fingerprint density at radius 1 is 1.21 bits per heavy atom. The fraction of sp³-hybridized carbons (Fsp3) is 0.933. The SMILES string of the molecule is CC(C)CC(O)CNCC(=O)NC1CCCCCC1. The topological polar surface area (TPSA) is 61.4 Å². The second-order valence-electron chi connectivity index (χ2n) is 6.17. The van der Waals surface area contributed by atoms with Crippen LogP contribution in [0.2, 0.25) is 0 Å². The lowest BCUT2D eigenvalue weighted by Crippen LogP contribution is -2.42. The fourth-order valence-electron chi connectivity index (χ4n) is 2.68. The first kappa shape index (κ1) is 16.4. The van der Waals surface area contributed by atoms with E-state index in [0.29, 0.717) is 25.0 Å². The number of aliphatic hydroxyl groups is 1. The molecular weight excluding hydrogens is 240 g/mol. The molecule has 1 rings (SSSR count). The number of hydrogen-bond acceptors (Lipinski definition) is 3. The van der Waals surface area contributed by atoms with Gasteiger partial charge in [-0.1, -0.05) is 39.5 Å². The Kier molecular flexibility index (Phi) is 8.07. The summed E-state index contributed by atoms with van der Waals surface area (Å²) >= 11 is 0. The zero-order valence-corrected chi connectivity index (χ0v) is 12.5. The molecule has 0 bridgehead atoms. The number of hydrogen-bond donors (Lipinski definition) is 3. The van der Waals surface area contributed by atoms with Gasteiger partial charge in [-0.15, -0.1) is 0 Å². The number of carbonyl (C=O) groups excluding carboxylic acids is 1. The van der Waals surface area contributed by atoms with Crippen LogP contribution in [0, 0.1) is 5.92 Å². The van der Waals surface area contributed by atoms with Gasteiger partial charge in [-0.3, -0.25) is 4.79 Å². The lowest BCUT2D eigenvalue weighted by molar-refractivity contribution is -0.121. The minimum atomic E-state index is -0.356. The lowest BCUT2D eigenvalue weighted by Gasteiger charge is -2.17. The molecule has 0 aromatic heterocycles. The minimum absolute atomic E-state index is 0.0589. The molecule has 1 atom stereocenters. The molecule has 1 unspecified atom stereocenters. The Balaban J connectivity index is 2.10. The van der Waals surface area contributed by atoms with E-state index in [4.69, 9.17) is 0 Å². The number of aliphatic hydroxyl groups excluding tert-OH is 1. The largest absolute Gasteiger partial charge is 0.392 e. The predicted molar refractivity (Wildman–Crippen MR) is 78.0 cm³/mol. The normalized spacial score (nSPS) is 19.2. The molecule has 0 spiro atoms. The molecule has 1 aliphatic rings. The molecule has 0 radical (unpaired) electrons. The molecule has 1 fully saturated rings. The summed E-state index contributed by atoms with van der Waals surface area (Å²) in [6, 6.07) is 0.359. The summed E-state index contributed by atoms with van der Waals surface area (Å²) < 4.78 is 0. The molecule has 19 heavy (non-hydrogen) atoms. The number of amides is 1. The standard InChI is InChI=1S/C15H30N2O2/c1-12(2)9-14(18)10-16-11-15(19)17-13-7-5-3-4-6-8-13/h12-14,16,18H,3-11H2,1-2H3,(H,17,19). The molecule has 0 saturated heterocycles. The Bertz CT molecular complexity index is 249. The lowest BCUT2D eigenvalue weighted by atomic mass is 10.1. The maximum absolute atomic E-state index is 11.8. The van der Waals surface area contributed by atoms with Crippen LogP contribution < -0.4 is 10.6 Å². The van der Waals surface area contributed by atoms with Crippen molar-refractivity contribution in [1.29, 1.82) is 0 Å². The van der Waals surface area contributed by atoms with Gasteiger partial charge in [0.25, 0.3) is 0 Å². The third-order valence-corrected chi connectivity index (χ3v) is 3.63. The summed E-state index contributed by atoms with van der Waals surface area (Å²) in [5.74, 6) is 0.542. The third kappa shape index (κ3) is 8.22. The monoisotopic (exact) mass is 270 g/mol. The van der Waals surface area contributed by atoms with Gasteiger partial charge in [0, 0.05) is 12.6 Å². The average molecular weight is 270 g/mol. The van der Waals surface area contributed by atoms with Crippen molar-refractivity contribution in [2.45, 2.75) is 70.9 Å². The fourth-order valence-corrected chi connectivity index (χ4v) is 2.68. The first-order valence-electron chi connectivity index (χ1n) is 7.76. The van der Waals surface area contributed by atoms with Crippen LogP contribution in [0.3, 0.4) is 0 Å². The molecule has 0 heterocycles. The summed E-state index contributed by atoms with van der Waals surface area (Å²) in [6.07, 6.45) is 7.70. The van der Waals surface area contributed by atoms with Crippen LogP contribution in [-0.4, -0.2) is 36.2 Å². The Labute approximate surface area is 117 Å². The van der Waals surface area contributed by atoms with Crippen LogP contribution in [-0.2, 0) is 4.79 Å². The summed E-state index contributed by atoms with van der Waals surface area (Å²) in [5.41, 5.74) is 0. The van der Waals surface area contributed by atoms with Crippen molar-refractivity contribution in [3.63, 3.8) is 0 Å². The zero-order chi connectivity index (χ0) is 14.1. The van der Waals surface area contributed by atoms with Gasteiger partial charge in [-0.2, -0.15) is 0 Å². The molecular formula is C15H30N2O2. The van der Waals surface area contributed by atoms with E-state index in [2.05, 4.69) is 24.5 Å². The maximum Gasteiger partial charge on any atom is 0.234 e. The smallest absolute Gasteiger partial charge is 0.234 e. The van der Waals surface area contributed by atoms with Gasteiger partial charge < -0.3 is 15.7 Å². The van der Waals surface area contributed by atoms with Crippen LogP contribution in [0.15, 0.2) is 0 Å². The molecule has 0 aromatic rings. The van der Waals surface area contributed by atoms with E-state index in [1.807, 2.05) is 0 Å². The summed E-state index contributed by atoms with van der Waals surface area (Å²) in [6.45, 7) is 4.98. The Morgan fingerprint density at radius 3 is 2.42 bits per heavy atom. The van der Waals surface area contributed by atoms with E-state index in [-0.39, 0.29) is 12.0 Å². The molecule has 3 N–H and O–H groups in total. The quantitative estimate of drug-likeness (QED) is 0.618. The van der Waals surface area contributed by atoms with Crippen molar-refractivity contribution in [2.24, 2.45) is 5.92 Å². The molecule has 0 aromatic carbocycles. The summed E-state index contributed by atoms with van der Waals surface area (Å²) in [7, 11) is 0. The maximum atomic E-state index is 11.8. The number of rotatable bonds is 7. The highest BCUT2D eigenvalue weighted by atomic mass is 16.3. The van der Waals surface area contributed by atoms with Gasteiger partial charge in [0.15, 0.2) is 0 Å². The highest BCUT2D eigenvalue weighted by molar-refractivity contribution is 5.78. The molecule has 0 aliphatic heterocycles. The highest BCUT2D eigenvalue weighted by Crippen LogP contribution is 2.16. The van der Waals surface area contributed by atoms with Crippen LogP contribution >= 0.6 is 0 Å². The van der Waals surface area contributed by atoms with Gasteiger partial charge >= 0.3 is 0 Å². The summed E-state index contributed by atoms with van der Waals surface area (Å²) in [4.78, 5) is 11.8. The van der Waals surface area contributed by atoms with Crippen molar-refractivity contribution in [2.75, 3.05) is 13.1 Å². The Hall–Kier alpha value is -0.610. The van der Waals surface area contributed by atoms with Crippen molar-refractivity contribution >= 4 is 5.91 Å². The first-order valence-corrected chi connectivity index (χ1v) is 7.76. The van der Waals surface area contributed by atoms with Crippen LogP contribution in [0.1, 0.15) is 58.8 Å². The van der Waals surface area contributed by atoms with Gasteiger partial charge in [0.1, 0.15) is 0 Å². The molecule has 4 heteroatoms. The highest BCUT2D eigenvalue weighted by Gasteiger charge is 2.14. The Morgan fingerprint density at radius 2 is 1.84 bits per heavy atom. The van der Waals surface area contributed by atoms with E-state index >= 15 is 0 Å². The van der Waals surface area contributed by atoms with Crippen molar-refractivity contribution < 1.29 is 9.90 Å². The van der Waals surface area contributed by atoms with Gasteiger partial charge in [0.05, 0.1) is 12.6 Å². The van der Waals surface area contributed by atoms with Crippen LogP contribution in [0.25, 0.3) is 0 Å². The van der Waals surface area contributed by atoms with E-state index in [1.165, 1.54) is 25.7 Å². The average Bonchev–Trinajstić information content (AvgIpc) is 2.56. The first-order chi connectivity index (χ1) is 9.08. The second-order valence-corrected chi connectivity index (χ2v) is 6.17. The van der Waals surface area contributed by atoms with Crippen molar-refractivity contribution in [3.05, 3.63) is 0 Å². The van der Waals surface area contributed by atoms with E-state index < -0.39 is 0 Å². The predicted octanol–water partition coefficient (Wildman–Crippen LogP) is 1.82. The molecule has 1 aliphatic carbocycles. The van der Waals surface area contributed by atoms with Gasteiger partial charge in [-0.25, -0.2) is 0 Å². The van der Waals surface area contributed by atoms with Gasteiger partial charge in [0.2, 0.25) is 5.91 Å². The molecule has 4 nitrogen and oxygen atoms in total. The van der Waals surface area contributed by atoms with Crippen molar-refractivity contribution in [3.8, 4) is 0 Å². The molecule has 112 valence electrons. The van der Waals surface area contributed by atoms with Crippen LogP contribution in [0.4, 0.5) is 0 Å². The molecule has 1 saturated carbocycles. The van der Waals surface area contributed by atoms with Crippen molar-refractivity contribution in [1.82, 2.24) is 10.6 Å². The van der Waals surface area contributed by atoms with E-state index in [9.17, 15) is 9.90 Å².